The highest BCUT2D eigenvalue weighted by Gasteiger charge is 1.99. The molecule has 0 aliphatic heterocycles. The predicted octanol–water partition coefficient (Wildman–Crippen LogP) is 1.72. The summed E-state index contributed by atoms with van der Waals surface area (Å²) in [5.74, 6) is 0.517. The topological polar surface area (TPSA) is 50.4 Å². The van der Waals surface area contributed by atoms with Crippen molar-refractivity contribution in [3.63, 3.8) is 0 Å². The largest absolute Gasteiger partial charge is 0.370 e. The van der Waals surface area contributed by atoms with E-state index < -0.39 is 0 Å². The highest BCUT2D eigenvalue weighted by Crippen LogP contribution is 2.11. The van der Waals surface area contributed by atoms with Gasteiger partial charge in [-0.15, -0.1) is 0 Å². The minimum atomic E-state index is 0.517. The molecule has 0 aromatic heterocycles. The van der Waals surface area contributed by atoms with Gasteiger partial charge >= 0.3 is 0 Å². The molecule has 0 unspecified atom stereocenters. The highest BCUT2D eigenvalue weighted by molar-refractivity contribution is 5.77. The highest BCUT2D eigenvalue weighted by atomic mass is 15.1. The Kier molecular flexibility index (Phi) is 5.40. The van der Waals surface area contributed by atoms with Crippen molar-refractivity contribution >= 4 is 5.96 Å². The fraction of sp³-hybridized carbons (Fsp3) is 0.462. The van der Waals surface area contributed by atoms with Gasteiger partial charge in [0, 0.05) is 13.6 Å². The summed E-state index contributed by atoms with van der Waals surface area (Å²) >= 11 is 0. The molecule has 0 fully saturated rings. The molecular formula is C13H21N3. The van der Waals surface area contributed by atoms with Gasteiger partial charge in [0.25, 0.3) is 0 Å². The first-order valence-corrected chi connectivity index (χ1v) is 5.80. The molecule has 0 heterocycles. The summed E-state index contributed by atoms with van der Waals surface area (Å²) in [6.07, 6.45) is 3.27. The quantitative estimate of drug-likeness (QED) is 0.450. The Labute approximate surface area is 97.8 Å². The molecule has 3 nitrogen and oxygen atoms in total. The Hall–Kier alpha value is -1.51. The van der Waals surface area contributed by atoms with E-state index in [0.29, 0.717) is 5.96 Å². The molecule has 3 N–H and O–H groups in total. The number of hydrogen-bond acceptors (Lipinski definition) is 1. The van der Waals surface area contributed by atoms with Crippen molar-refractivity contribution in [1.29, 1.82) is 0 Å². The van der Waals surface area contributed by atoms with Crippen molar-refractivity contribution in [2.75, 3.05) is 13.6 Å². The van der Waals surface area contributed by atoms with E-state index in [1.54, 1.807) is 7.05 Å². The van der Waals surface area contributed by atoms with Crippen LogP contribution < -0.4 is 11.1 Å². The number of hydrogen-bond donors (Lipinski definition) is 2. The zero-order valence-corrected chi connectivity index (χ0v) is 10.2. The van der Waals surface area contributed by atoms with Crippen LogP contribution in [0.2, 0.25) is 0 Å². The Morgan fingerprint density at radius 3 is 2.62 bits per heavy atom. The number of aliphatic imine (C=N–C) groups is 1. The van der Waals surface area contributed by atoms with E-state index in [1.807, 2.05) is 0 Å². The van der Waals surface area contributed by atoms with Gasteiger partial charge in [0.2, 0.25) is 0 Å². The molecule has 1 aromatic rings. The SMILES string of the molecule is CCc1ccccc1CCCNC(N)=NC. The third-order valence-corrected chi connectivity index (χ3v) is 2.67. The summed E-state index contributed by atoms with van der Waals surface area (Å²) in [4.78, 5) is 3.85. The normalized spacial score (nSPS) is 11.5. The number of aryl methyl sites for hydroxylation is 2. The molecule has 0 bridgehead atoms. The van der Waals surface area contributed by atoms with Crippen LogP contribution in [0.15, 0.2) is 29.3 Å². The fourth-order valence-corrected chi connectivity index (χ4v) is 1.72. The van der Waals surface area contributed by atoms with E-state index in [-0.39, 0.29) is 0 Å². The monoisotopic (exact) mass is 219 g/mol. The van der Waals surface area contributed by atoms with E-state index in [9.17, 15) is 0 Å². The van der Waals surface area contributed by atoms with Crippen molar-refractivity contribution in [2.24, 2.45) is 10.7 Å². The smallest absolute Gasteiger partial charge is 0.188 e. The molecule has 0 aliphatic carbocycles. The summed E-state index contributed by atoms with van der Waals surface area (Å²) in [6.45, 7) is 3.07. The average Bonchev–Trinajstić information content (AvgIpc) is 2.34. The number of nitrogens with two attached hydrogens (primary N) is 1. The maximum Gasteiger partial charge on any atom is 0.188 e. The summed E-state index contributed by atoms with van der Waals surface area (Å²) in [6, 6.07) is 8.60. The third kappa shape index (κ3) is 3.93. The van der Waals surface area contributed by atoms with Crippen molar-refractivity contribution in [3.05, 3.63) is 35.4 Å². The van der Waals surface area contributed by atoms with E-state index in [0.717, 1.165) is 25.8 Å². The van der Waals surface area contributed by atoms with E-state index in [2.05, 4.69) is 41.5 Å². The van der Waals surface area contributed by atoms with Crippen LogP contribution in [0.4, 0.5) is 0 Å². The van der Waals surface area contributed by atoms with Crippen molar-refractivity contribution < 1.29 is 0 Å². The average molecular weight is 219 g/mol. The molecule has 0 saturated carbocycles. The van der Waals surface area contributed by atoms with E-state index >= 15 is 0 Å². The Morgan fingerprint density at radius 2 is 2.00 bits per heavy atom. The van der Waals surface area contributed by atoms with Gasteiger partial charge in [-0.3, -0.25) is 4.99 Å². The van der Waals surface area contributed by atoms with Gasteiger partial charge in [-0.25, -0.2) is 0 Å². The van der Waals surface area contributed by atoms with Crippen molar-refractivity contribution in [3.8, 4) is 0 Å². The molecule has 1 rings (SSSR count). The first kappa shape index (κ1) is 12.6. The number of guanidine groups is 1. The van der Waals surface area contributed by atoms with Crippen LogP contribution in [0, 0.1) is 0 Å². The van der Waals surface area contributed by atoms with Crippen LogP contribution in [-0.4, -0.2) is 19.6 Å². The van der Waals surface area contributed by atoms with Crippen LogP contribution in [-0.2, 0) is 12.8 Å². The summed E-state index contributed by atoms with van der Waals surface area (Å²) in [5.41, 5.74) is 8.43. The molecule has 0 spiro atoms. The second-order valence-corrected chi connectivity index (χ2v) is 3.76. The van der Waals surface area contributed by atoms with Gasteiger partial charge in [0.15, 0.2) is 5.96 Å². The number of nitrogens with one attached hydrogen (secondary N) is 1. The molecule has 0 aliphatic rings. The lowest BCUT2D eigenvalue weighted by Crippen LogP contribution is -2.32. The molecule has 3 heteroatoms. The van der Waals surface area contributed by atoms with Crippen LogP contribution in [0.1, 0.15) is 24.5 Å². The number of nitrogens with zero attached hydrogens (tertiary/aromatic N) is 1. The molecular weight excluding hydrogens is 198 g/mol. The zero-order valence-electron chi connectivity index (χ0n) is 10.2. The molecule has 0 amide bonds. The van der Waals surface area contributed by atoms with Gasteiger partial charge in [-0.1, -0.05) is 31.2 Å². The van der Waals surface area contributed by atoms with Gasteiger partial charge in [-0.05, 0) is 30.4 Å². The molecule has 1 aromatic carbocycles. The first-order chi connectivity index (χ1) is 7.77. The maximum atomic E-state index is 5.55. The molecule has 0 saturated heterocycles. The van der Waals surface area contributed by atoms with Crippen LogP contribution in [0.3, 0.4) is 0 Å². The van der Waals surface area contributed by atoms with Crippen molar-refractivity contribution in [2.45, 2.75) is 26.2 Å². The molecule has 0 radical (unpaired) electrons. The van der Waals surface area contributed by atoms with Crippen LogP contribution in [0.5, 0.6) is 0 Å². The predicted molar refractivity (Wildman–Crippen MR) is 69.7 cm³/mol. The summed E-state index contributed by atoms with van der Waals surface area (Å²) in [7, 11) is 1.69. The number of benzene rings is 1. The summed E-state index contributed by atoms with van der Waals surface area (Å²) in [5, 5.41) is 3.07. The standard InChI is InChI=1S/C13H21N3/c1-3-11-7-4-5-8-12(11)9-6-10-16-13(14)15-2/h4-5,7-8H,3,6,9-10H2,1-2H3,(H3,14,15,16). The molecule has 88 valence electrons. The van der Waals surface area contributed by atoms with Gasteiger partial charge in [0.1, 0.15) is 0 Å². The molecule has 16 heavy (non-hydrogen) atoms. The van der Waals surface area contributed by atoms with Crippen LogP contribution in [0.25, 0.3) is 0 Å². The second kappa shape index (κ2) is 6.88. The second-order valence-electron chi connectivity index (χ2n) is 3.76. The van der Waals surface area contributed by atoms with Crippen LogP contribution >= 0.6 is 0 Å². The van der Waals surface area contributed by atoms with Crippen molar-refractivity contribution in [1.82, 2.24) is 5.32 Å². The third-order valence-electron chi connectivity index (χ3n) is 2.67. The Bertz CT molecular complexity index is 345. The minimum Gasteiger partial charge on any atom is -0.370 e. The fourth-order valence-electron chi connectivity index (χ4n) is 1.72. The van der Waals surface area contributed by atoms with Gasteiger partial charge in [0.05, 0.1) is 0 Å². The summed E-state index contributed by atoms with van der Waals surface area (Å²) < 4.78 is 0. The van der Waals surface area contributed by atoms with E-state index in [1.165, 1.54) is 11.1 Å². The number of rotatable bonds is 5. The minimum absolute atomic E-state index is 0.517. The van der Waals surface area contributed by atoms with Gasteiger partial charge in [-0.2, -0.15) is 0 Å². The lowest BCUT2D eigenvalue weighted by Gasteiger charge is -2.08. The first-order valence-electron chi connectivity index (χ1n) is 5.80. The maximum absolute atomic E-state index is 5.55. The zero-order chi connectivity index (χ0) is 11.8. The van der Waals surface area contributed by atoms with E-state index in [4.69, 9.17) is 5.73 Å². The lowest BCUT2D eigenvalue weighted by molar-refractivity contribution is 0.763. The molecule has 0 atom stereocenters. The Balaban J connectivity index is 2.37. The lowest BCUT2D eigenvalue weighted by atomic mass is 10.0. The van der Waals surface area contributed by atoms with Gasteiger partial charge < -0.3 is 11.1 Å². The Morgan fingerprint density at radius 1 is 1.31 bits per heavy atom.